The molecule has 0 aliphatic carbocycles. The molecule has 0 saturated carbocycles. The van der Waals surface area contributed by atoms with Crippen molar-refractivity contribution < 1.29 is 4.74 Å². The molecule has 19 heavy (non-hydrogen) atoms. The van der Waals surface area contributed by atoms with Gasteiger partial charge in [0.05, 0.1) is 24.7 Å². The predicted octanol–water partition coefficient (Wildman–Crippen LogP) is 2.95. The molecule has 2 aromatic rings. The number of ether oxygens (including phenoxy) is 1. The van der Waals surface area contributed by atoms with E-state index in [2.05, 4.69) is 9.97 Å². The van der Waals surface area contributed by atoms with Crippen LogP contribution in [0.4, 0.5) is 5.69 Å². The molecular weight excluding hydrogens is 262 g/mol. The average molecular weight is 278 g/mol. The minimum atomic E-state index is 0.518. The molecule has 5 heteroatoms. The molecule has 1 aromatic carbocycles. The highest BCUT2D eigenvalue weighted by Crippen LogP contribution is 2.25. The van der Waals surface area contributed by atoms with Crippen molar-refractivity contribution in [1.29, 1.82) is 0 Å². The minimum absolute atomic E-state index is 0.518. The topological polar surface area (TPSA) is 61.0 Å². The van der Waals surface area contributed by atoms with Crippen LogP contribution in [-0.2, 0) is 6.42 Å². The zero-order chi connectivity index (χ0) is 13.8. The Labute approximate surface area is 117 Å². The van der Waals surface area contributed by atoms with E-state index >= 15 is 0 Å². The smallest absolute Gasteiger partial charge is 0.131 e. The summed E-state index contributed by atoms with van der Waals surface area (Å²) in [7, 11) is 0. The van der Waals surface area contributed by atoms with E-state index in [1.807, 2.05) is 26.0 Å². The third-order valence-corrected chi connectivity index (χ3v) is 3.33. The van der Waals surface area contributed by atoms with Crippen LogP contribution in [0, 0.1) is 13.8 Å². The molecule has 0 fully saturated rings. The van der Waals surface area contributed by atoms with Gasteiger partial charge in [-0.1, -0.05) is 11.6 Å². The first kappa shape index (κ1) is 13.6. The second-order valence-electron chi connectivity index (χ2n) is 4.40. The summed E-state index contributed by atoms with van der Waals surface area (Å²) in [4.78, 5) is 8.24. The molecular formula is C14H16ClN3O. The number of aromatic nitrogens is 2. The maximum absolute atomic E-state index is 6.11. The molecule has 1 heterocycles. The number of anilines is 1. The Bertz CT molecular complexity index is 546. The van der Waals surface area contributed by atoms with Crippen LogP contribution in [0.15, 0.2) is 24.5 Å². The van der Waals surface area contributed by atoms with E-state index in [1.165, 1.54) is 0 Å². The number of halogens is 1. The van der Waals surface area contributed by atoms with Crippen molar-refractivity contribution in [2.24, 2.45) is 0 Å². The molecule has 0 aliphatic rings. The molecule has 0 atom stereocenters. The van der Waals surface area contributed by atoms with Crippen LogP contribution in [0.25, 0.3) is 0 Å². The molecule has 0 aliphatic heterocycles. The molecule has 4 nitrogen and oxygen atoms in total. The van der Waals surface area contributed by atoms with Gasteiger partial charge in [-0.2, -0.15) is 0 Å². The van der Waals surface area contributed by atoms with Crippen LogP contribution < -0.4 is 10.5 Å². The SMILES string of the molecule is Cc1cc(OCCc2ncc(N)cn2)cc(C)c1Cl. The van der Waals surface area contributed by atoms with Gasteiger partial charge in [-0.15, -0.1) is 0 Å². The first-order chi connectivity index (χ1) is 9.06. The lowest BCUT2D eigenvalue weighted by molar-refractivity contribution is 0.318. The van der Waals surface area contributed by atoms with E-state index in [-0.39, 0.29) is 0 Å². The summed E-state index contributed by atoms with van der Waals surface area (Å²) in [5, 5.41) is 0.786. The van der Waals surface area contributed by atoms with E-state index in [0.717, 1.165) is 27.7 Å². The minimum Gasteiger partial charge on any atom is -0.493 e. The molecule has 0 amide bonds. The van der Waals surface area contributed by atoms with Crippen LogP contribution in [-0.4, -0.2) is 16.6 Å². The van der Waals surface area contributed by atoms with Gasteiger partial charge in [0.15, 0.2) is 0 Å². The van der Waals surface area contributed by atoms with Crippen LogP contribution in [0.3, 0.4) is 0 Å². The van der Waals surface area contributed by atoms with Crippen molar-refractivity contribution in [1.82, 2.24) is 9.97 Å². The molecule has 0 unspecified atom stereocenters. The van der Waals surface area contributed by atoms with Crippen molar-refractivity contribution in [3.63, 3.8) is 0 Å². The largest absolute Gasteiger partial charge is 0.493 e. The molecule has 100 valence electrons. The number of nitrogen functional groups attached to an aromatic ring is 1. The quantitative estimate of drug-likeness (QED) is 0.933. The number of nitrogens with zero attached hydrogens (tertiary/aromatic N) is 2. The van der Waals surface area contributed by atoms with Crippen molar-refractivity contribution in [3.05, 3.63) is 46.5 Å². The Hall–Kier alpha value is -1.81. The molecule has 1 aromatic heterocycles. The highest BCUT2D eigenvalue weighted by molar-refractivity contribution is 6.32. The number of benzene rings is 1. The van der Waals surface area contributed by atoms with Crippen molar-refractivity contribution in [2.45, 2.75) is 20.3 Å². The van der Waals surface area contributed by atoms with Crippen molar-refractivity contribution in [2.75, 3.05) is 12.3 Å². The Morgan fingerprint density at radius 1 is 1.16 bits per heavy atom. The molecule has 2 N–H and O–H groups in total. The van der Waals surface area contributed by atoms with E-state index in [9.17, 15) is 0 Å². The third kappa shape index (κ3) is 3.58. The van der Waals surface area contributed by atoms with Gasteiger partial charge in [-0.3, -0.25) is 0 Å². The van der Waals surface area contributed by atoms with Crippen LogP contribution in [0.2, 0.25) is 5.02 Å². The van der Waals surface area contributed by atoms with Crippen LogP contribution in [0.5, 0.6) is 5.75 Å². The summed E-state index contributed by atoms with van der Waals surface area (Å²) in [6.07, 6.45) is 3.83. The van der Waals surface area contributed by atoms with Gasteiger partial charge in [-0.05, 0) is 37.1 Å². The van der Waals surface area contributed by atoms with Gasteiger partial charge in [0, 0.05) is 11.4 Å². The summed E-state index contributed by atoms with van der Waals surface area (Å²) in [6.45, 7) is 4.45. The maximum atomic E-state index is 6.11. The van der Waals surface area contributed by atoms with Crippen molar-refractivity contribution >= 4 is 17.3 Å². The normalized spacial score (nSPS) is 10.5. The number of aryl methyl sites for hydroxylation is 2. The highest BCUT2D eigenvalue weighted by Gasteiger charge is 2.04. The standard InChI is InChI=1S/C14H16ClN3O/c1-9-5-12(6-10(2)14(9)15)19-4-3-13-17-7-11(16)8-18-13/h5-8H,3-4,16H2,1-2H3. The summed E-state index contributed by atoms with van der Waals surface area (Å²) < 4.78 is 5.69. The zero-order valence-electron chi connectivity index (χ0n) is 11.0. The lowest BCUT2D eigenvalue weighted by Gasteiger charge is -2.09. The fourth-order valence-corrected chi connectivity index (χ4v) is 1.85. The second kappa shape index (κ2) is 5.89. The summed E-state index contributed by atoms with van der Waals surface area (Å²) >= 11 is 6.11. The maximum Gasteiger partial charge on any atom is 0.131 e. The number of hydrogen-bond donors (Lipinski definition) is 1. The summed E-state index contributed by atoms with van der Waals surface area (Å²) in [5.41, 5.74) is 8.12. The van der Waals surface area contributed by atoms with Gasteiger partial charge < -0.3 is 10.5 Å². The van der Waals surface area contributed by atoms with E-state index in [4.69, 9.17) is 22.1 Å². The number of hydrogen-bond acceptors (Lipinski definition) is 4. The molecule has 0 spiro atoms. The Morgan fingerprint density at radius 2 is 1.74 bits per heavy atom. The van der Waals surface area contributed by atoms with E-state index in [0.29, 0.717) is 18.7 Å². The number of rotatable bonds is 4. The van der Waals surface area contributed by atoms with Crippen molar-refractivity contribution in [3.8, 4) is 5.75 Å². The van der Waals surface area contributed by atoms with Gasteiger partial charge >= 0.3 is 0 Å². The van der Waals surface area contributed by atoms with E-state index in [1.54, 1.807) is 12.4 Å². The van der Waals surface area contributed by atoms with Gasteiger partial charge in [0.1, 0.15) is 11.6 Å². The van der Waals surface area contributed by atoms with Gasteiger partial charge in [0.2, 0.25) is 0 Å². The Balaban J connectivity index is 1.94. The predicted molar refractivity (Wildman–Crippen MR) is 76.6 cm³/mol. The molecule has 2 rings (SSSR count). The highest BCUT2D eigenvalue weighted by atomic mass is 35.5. The lowest BCUT2D eigenvalue weighted by atomic mass is 10.1. The van der Waals surface area contributed by atoms with Crippen LogP contribution in [0.1, 0.15) is 17.0 Å². The zero-order valence-corrected chi connectivity index (χ0v) is 11.7. The monoisotopic (exact) mass is 277 g/mol. The fourth-order valence-electron chi connectivity index (χ4n) is 1.74. The molecule has 0 saturated heterocycles. The summed E-state index contributed by atoms with van der Waals surface area (Å²) in [5.74, 6) is 1.53. The second-order valence-corrected chi connectivity index (χ2v) is 4.78. The van der Waals surface area contributed by atoms with Gasteiger partial charge in [-0.25, -0.2) is 9.97 Å². The third-order valence-electron chi connectivity index (χ3n) is 2.73. The molecule has 0 radical (unpaired) electrons. The first-order valence-electron chi connectivity index (χ1n) is 6.02. The average Bonchev–Trinajstić information content (AvgIpc) is 2.38. The Kier molecular flexibility index (Phi) is 4.22. The van der Waals surface area contributed by atoms with Crippen LogP contribution >= 0.6 is 11.6 Å². The first-order valence-corrected chi connectivity index (χ1v) is 6.40. The fraction of sp³-hybridized carbons (Fsp3) is 0.286. The summed E-state index contributed by atoms with van der Waals surface area (Å²) in [6, 6.07) is 3.86. The lowest BCUT2D eigenvalue weighted by Crippen LogP contribution is -2.05. The van der Waals surface area contributed by atoms with E-state index < -0.39 is 0 Å². The number of nitrogens with two attached hydrogens (primary N) is 1. The molecule has 0 bridgehead atoms. The van der Waals surface area contributed by atoms with Gasteiger partial charge in [0.25, 0.3) is 0 Å². The Morgan fingerprint density at radius 3 is 2.32 bits per heavy atom.